The highest BCUT2D eigenvalue weighted by Gasteiger charge is 2.43. The van der Waals surface area contributed by atoms with Crippen LogP contribution in [-0.4, -0.2) is 0 Å². The number of anilines is 2. The molecule has 120 valence electrons. The third-order valence-electron chi connectivity index (χ3n) is 6.41. The Morgan fingerprint density at radius 3 is 2.13 bits per heavy atom. The second-order valence-corrected chi connectivity index (χ2v) is 7.41. The number of rotatable bonds is 1. The summed E-state index contributed by atoms with van der Waals surface area (Å²) in [5.74, 6) is 5.32. The SMILES string of the molecule is CC1C(C)C(C)C(c2cccc3c2Nc2ccccc2O3)C1C. The lowest BCUT2D eigenvalue weighted by Gasteiger charge is -2.29. The molecule has 1 fully saturated rings. The van der Waals surface area contributed by atoms with E-state index in [0.717, 1.165) is 34.7 Å². The van der Waals surface area contributed by atoms with E-state index in [1.54, 1.807) is 0 Å². The van der Waals surface area contributed by atoms with Gasteiger partial charge in [0.2, 0.25) is 0 Å². The predicted molar refractivity (Wildman–Crippen MR) is 95.6 cm³/mol. The van der Waals surface area contributed by atoms with E-state index >= 15 is 0 Å². The Hall–Kier alpha value is -1.96. The van der Waals surface area contributed by atoms with Crippen molar-refractivity contribution in [3.05, 3.63) is 48.0 Å². The van der Waals surface area contributed by atoms with Gasteiger partial charge in [-0.1, -0.05) is 52.0 Å². The molecule has 1 heterocycles. The molecule has 0 aromatic heterocycles. The van der Waals surface area contributed by atoms with Crippen molar-refractivity contribution in [1.29, 1.82) is 0 Å². The lowest BCUT2D eigenvalue weighted by atomic mass is 9.82. The van der Waals surface area contributed by atoms with Crippen LogP contribution in [0.2, 0.25) is 0 Å². The number of nitrogens with one attached hydrogen (secondary N) is 1. The van der Waals surface area contributed by atoms with Crippen LogP contribution < -0.4 is 10.1 Å². The number of fused-ring (bicyclic) bond motifs is 2. The summed E-state index contributed by atoms with van der Waals surface area (Å²) in [6.45, 7) is 9.62. The summed E-state index contributed by atoms with van der Waals surface area (Å²) in [5.41, 5.74) is 3.64. The zero-order chi connectivity index (χ0) is 16.1. The van der Waals surface area contributed by atoms with E-state index in [2.05, 4.69) is 57.3 Å². The average molecular weight is 307 g/mol. The van der Waals surface area contributed by atoms with Crippen molar-refractivity contribution in [3.63, 3.8) is 0 Å². The summed E-state index contributed by atoms with van der Waals surface area (Å²) in [6, 6.07) is 14.7. The van der Waals surface area contributed by atoms with Crippen LogP contribution in [0.25, 0.3) is 0 Å². The zero-order valence-electron chi connectivity index (χ0n) is 14.3. The average Bonchev–Trinajstić information content (AvgIpc) is 2.76. The first-order chi connectivity index (χ1) is 11.1. The Morgan fingerprint density at radius 2 is 1.39 bits per heavy atom. The van der Waals surface area contributed by atoms with Crippen molar-refractivity contribution in [2.24, 2.45) is 23.7 Å². The minimum absolute atomic E-state index is 0.580. The summed E-state index contributed by atoms with van der Waals surface area (Å²) in [4.78, 5) is 0. The fourth-order valence-corrected chi connectivity index (χ4v) is 4.61. The number of para-hydroxylation sites is 3. The standard InChI is InChI=1S/C21H25NO/c1-12-13(2)15(4)20(14(12)3)16-8-7-11-19-21(16)22-17-9-5-6-10-18(17)23-19/h5-15,20,22H,1-4H3. The molecule has 23 heavy (non-hydrogen) atoms. The summed E-state index contributed by atoms with van der Waals surface area (Å²) >= 11 is 0. The zero-order valence-corrected chi connectivity index (χ0v) is 14.3. The molecule has 0 amide bonds. The van der Waals surface area contributed by atoms with Gasteiger partial charge in [0.1, 0.15) is 0 Å². The van der Waals surface area contributed by atoms with Crippen molar-refractivity contribution in [1.82, 2.24) is 0 Å². The third kappa shape index (κ3) is 2.15. The van der Waals surface area contributed by atoms with E-state index in [1.807, 2.05) is 18.2 Å². The molecule has 0 spiro atoms. The van der Waals surface area contributed by atoms with Gasteiger partial charge < -0.3 is 10.1 Å². The van der Waals surface area contributed by atoms with Gasteiger partial charge in [-0.05, 0) is 53.4 Å². The van der Waals surface area contributed by atoms with Crippen molar-refractivity contribution in [2.45, 2.75) is 33.6 Å². The van der Waals surface area contributed by atoms with Crippen LogP contribution in [0.5, 0.6) is 11.5 Å². The van der Waals surface area contributed by atoms with Crippen molar-refractivity contribution in [2.75, 3.05) is 5.32 Å². The van der Waals surface area contributed by atoms with Crippen LogP contribution in [0.1, 0.15) is 39.2 Å². The van der Waals surface area contributed by atoms with E-state index in [4.69, 9.17) is 4.74 Å². The summed E-state index contributed by atoms with van der Waals surface area (Å²) < 4.78 is 6.14. The lowest BCUT2D eigenvalue weighted by molar-refractivity contribution is 0.352. The predicted octanol–water partition coefficient (Wildman–Crippen LogP) is 6.18. The van der Waals surface area contributed by atoms with E-state index in [9.17, 15) is 0 Å². The maximum atomic E-state index is 6.14. The molecule has 1 aliphatic heterocycles. The van der Waals surface area contributed by atoms with Gasteiger partial charge in [-0.2, -0.15) is 0 Å². The first-order valence-electron chi connectivity index (χ1n) is 8.74. The Kier molecular flexibility index (Phi) is 3.37. The molecule has 1 aliphatic carbocycles. The van der Waals surface area contributed by atoms with E-state index in [-0.39, 0.29) is 0 Å². The van der Waals surface area contributed by atoms with Crippen LogP contribution in [0, 0.1) is 23.7 Å². The Labute approximate surface area is 138 Å². The minimum atomic E-state index is 0.580. The molecule has 1 N–H and O–H groups in total. The van der Waals surface area contributed by atoms with Crippen LogP contribution in [-0.2, 0) is 0 Å². The molecule has 1 saturated carbocycles. The minimum Gasteiger partial charge on any atom is -0.453 e. The Morgan fingerprint density at radius 1 is 0.739 bits per heavy atom. The maximum Gasteiger partial charge on any atom is 0.151 e. The topological polar surface area (TPSA) is 21.3 Å². The molecule has 2 aliphatic rings. The highest BCUT2D eigenvalue weighted by Crippen LogP contribution is 2.55. The molecule has 0 bridgehead atoms. The fraction of sp³-hybridized carbons (Fsp3) is 0.429. The van der Waals surface area contributed by atoms with Crippen LogP contribution >= 0.6 is 0 Å². The molecule has 4 unspecified atom stereocenters. The molecule has 2 heteroatoms. The van der Waals surface area contributed by atoms with Gasteiger partial charge in [0.25, 0.3) is 0 Å². The van der Waals surface area contributed by atoms with Crippen molar-refractivity contribution < 1.29 is 4.74 Å². The largest absolute Gasteiger partial charge is 0.453 e. The maximum absolute atomic E-state index is 6.14. The number of ether oxygens (including phenoxy) is 1. The Bertz CT molecular complexity index is 724. The van der Waals surface area contributed by atoms with Gasteiger partial charge in [0, 0.05) is 0 Å². The van der Waals surface area contributed by atoms with Gasteiger partial charge in [-0.3, -0.25) is 0 Å². The molecular formula is C21H25NO. The van der Waals surface area contributed by atoms with E-state index in [1.165, 1.54) is 5.56 Å². The molecule has 4 atom stereocenters. The normalized spacial score (nSPS) is 31.7. The molecule has 2 aromatic rings. The highest BCUT2D eigenvalue weighted by molar-refractivity contribution is 5.78. The van der Waals surface area contributed by atoms with Gasteiger partial charge >= 0.3 is 0 Å². The van der Waals surface area contributed by atoms with Crippen LogP contribution in [0.4, 0.5) is 11.4 Å². The lowest BCUT2D eigenvalue weighted by Crippen LogP contribution is -2.14. The van der Waals surface area contributed by atoms with E-state index in [0.29, 0.717) is 17.8 Å². The van der Waals surface area contributed by atoms with Crippen LogP contribution in [0.15, 0.2) is 42.5 Å². The third-order valence-corrected chi connectivity index (χ3v) is 6.41. The Balaban J connectivity index is 1.78. The summed E-state index contributed by atoms with van der Waals surface area (Å²) in [5, 5.41) is 3.63. The number of hydrogen-bond donors (Lipinski definition) is 1. The fourth-order valence-electron chi connectivity index (χ4n) is 4.61. The van der Waals surface area contributed by atoms with Crippen LogP contribution in [0.3, 0.4) is 0 Å². The second-order valence-electron chi connectivity index (χ2n) is 7.41. The van der Waals surface area contributed by atoms with Crippen molar-refractivity contribution >= 4 is 11.4 Å². The molecule has 0 saturated heterocycles. The van der Waals surface area contributed by atoms with Gasteiger partial charge in [0.05, 0.1) is 11.4 Å². The quantitative estimate of drug-likeness (QED) is 0.580. The highest BCUT2D eigenvalue weighted by atomic mass is 16.5. The summed E-state index contributed by atoms with van der Waals surface area (Å²) in [6.07, 6.45) is 0. The first-order valence-corrected chi connectivity index (χ1v) is 8.74. The van der Waals surface area contributed by atoms with Gasteiger partial charge in [-0.15, -0.1) is 0 Å². The monoisotopic (exact) mass is 307 g/mol. The van der Waals surface area contributed by atoms with Gasteiger partial charge in [-0.25, -0.2) is 0 Å². The molecule has 2 nitrogen and oxygen atoms in total. The van der Waals surface area contributed by atoms with Gasteiger partial charge in [0.15, 0.2) is 11.5 Å². The van der Waals surface area contributed by atoms with E-state index < -0.39 is 0 Å². The summed E-state index contributed by atoms with van der Waals surface area (Å²) in [7, 11) is 0. The molecule has 2 aromatic carbocycles. The smallest absolute Gasteiger partial charge is 0.151 e. The second kappa shape index (κ2) is 5.30. The molecule has 0 radical (unpaired) electrons. The number of benzene rings is 2. The molecule has 4 rings (SSSR count). The molecular weight excluding hydrogens is 282 g/mol. The van der Waals surface area contributed by atoms with Crippen molar-refractivity contribution in [3.8, 4) is 11.5 Å². The number of hydrogen-bond acceptors (Lipinski definition) is 2. The first kappa shape index (κ1) is 14.6.